The van der Waals surface area contributed by atoms with E-state index in [1.807, 2.05) is 31.2 Å². The van der Waals surface area contributed by atoms with Gasteiger partial charge in [0.05, 0.1) is 19.6 Å². The monoisotopic (exact) mass is 339 g/mol. The lowest BCUT2D eigenvalue weighted by atomic mass is 10.2. The Morgan fingerprint density at radius 3 is 2.84 bits per heavy atom. The van der Waals surface area contributed by atoms with Crippen molar-refractivity contribution >= 4 is 5.91 Å². The third-order valence-electron chi connectivity index (χ3n) is 3.61. The summed E-state index contributed by atoms with van der Waals surface area (Å²) in [5.74, 6) is 0.911. The molecule has 0 spiro atoms. The molecule has 0 aliphatic heterocycles. The number of pyridine rings is 1. The highest BCUT2D eigenvalue weighted by Crippen LogP contribution is 2.27. The highest BCUT2D eigenvalue weighted by molar-refractivity contribution is 5.78. The third kappa shape index (κ3) is 5.50. The van der Waals surface area contributed by atoms with E-state index >= 15 is 0 Å². The molecular formula is C19H21N3O3. The van der Waals surface area contributed by atoms with Crippen molar-refractivity contribution in [1.82, 2.24) is 9.88 Å². The van der Waals surface area contributed by atoms with E-state index in [9.17, 15) is 4.79 Å². The van der Waals surface area contributed by atoms with Gasteiger partial charge in [-0.25, -0.2) is 0 Å². The molecule has 0 fully saturated rings. The average Bonchev–Trinajstić information content (AvgIpc) is 2.64. The number of benzene rings is 1. The Kier molecular flexibility index (Phi) is 6.78. The summed E-state index contributed by atoms with van der Waals surface area (Å²) in [7, 11) is 1.56. The smallest absolute Gasteiger partial charge is 0.260 e. The number of carbonyl (C=O) groups excluding carboxylic acids is 1. The Labute approximate surface area is 147 Å². The molecule has 6 heteroatoms. The zero-order valence-corrected chi connectivity index (χ0v) is 14.4. The summed E-state index contributed by atoms with van der Waals surface area (Å²) in [6, 6.07) is 11.3. The molecule has 0 saturated carbocycles. The van der Waals surface area contributed by atoms with E-state index in [2.05, 4.69) is 11.1 Å². The van der Waals surface area contributed by atoms with Gasteiger partial charge >= 0.3 is 0 Å². The van der Waals surface area contributed by atoms with Gasteiger partial charge in [-0.05, 0) is 36.2 Å². The topological polar surface area (TPSA) is 75.5 Å². The average molecular weight is 339 g/mol. The lowest BCUT2D eigenvalue weighted by Crippen LogP contribution is -2.35. The molecule has 0 atom stereocenters. The zero-order valence-electron chi connectivity index (χ0n) is 14.4. The van der Waals surface area contributed by atoms with Gasteiger partial charge < -0.3 is 14.4 Å². The number of ether oxygens (including phenoxy) is 2. The maximum atomic E-state index is 12.5. The van der Waals surface area contributed by atoms with Crippen LogP contribution in [-0.4, -0.2) is 36.1 Å². The van der Waals surface area contributed by atoms with E-state index in [1.165, 1.54) is 0 Å². The van der Waals surface area contributed by atoms with Crippen molar-refractivity contribution in [3.63, 3.8) is 0 Å². The quantitative estimate of drug-likeness (QED) is 0.739. The maximum absolute atomic E-state index is 12.5. The maximum Gasteiger partial charge on any atom is 0.260 e. The minimum atomic E-state index is -0.193. The second-order valence-electron chi connectivity index (χ2n) is 5.53. The number of methoxy groups -OCH3 is 1. The van der Waals surface area contributed by atoms with Crippen LogP contribution in [-0.2, 0) is 11.3 Å². The second-order valence-corrected chi connectivity index (χ2v) is 5.53. The van der Waals surface area contributed by atoms with Gasteiger partial charge in [-0.1, -0.05) is 12.1 Å². The van der Waals surface area contributed by atoms with Crippen LogP contribution in [0.1, 0.15) is 17.5 Å². The van der Waals surface area contributed by atoms with Gasteiger partial charge in [-0.15, -0.1) is 0 Å². The fourth-order valence-corrected chi connectivity index (χ4v) is 2.31. The molecule has 0 N–H and O–H groups in total. The largest absolute Gasteiger partial charge is 0.493 e. The standard InChI is InChI=1S/C19H21N3O3/c1-15-6-7-17(18(11-15)24-2)25-14-19(23)22(10-4-8-20)13-16-5-3-9-21-12-16/h3,5-7,9,11-12H,4,10,13-14H2,1-2H3. The number of hydrogen-bond acceptors (Lipinski definition) is 5. The molecule has 0 aliphatic rings. The SMILES string of the molecule is COc1cc(C)ccc1OCC(=O)N(CCC#N)Cc1cccnc1. The lowest BCUT2D eigenvalue weighted by Gasteiger charge is -2.22. The van der Waals surface area contributed by atoms with Gasteiger partial charge in [0.2, 0.25) is 0 Å². The number of nitrogens with zero attached hydrogens (tertiary/aromatic N) is 3. The number of amides is 1. The number of rotatable bonds is 8. The van der Waals surface area contributed by atoms with Crippen LogP contribution in [0, 0.1) is 18.3 Å². The summed E-state index contributed by atoms with van der Waals surface area (Å²) in [5, 5.41) is 8.82. The molecule has 25 heavy (non-hydrogen) atoms. The third-order valence-corrected chi connectivity index (χ3v) is 3.61. The lowest BCUT2D eigenvalue weighted by molar-refractivity contribution is -0.134. The number of aryl methyl sites for hydroxylation is 1. The van der Waals surface area contributed by atoms with Crippen LogP contribution in [0.4, 0.5) is 0 Å². The van der Waals surface area contributed by atoms with Crippen LogP contribution < -0.4 is 9.47 Å². The minimum absolute atomic E-state index is 0.120. The van der Waals surface area contributed by atoms with Gasteiger partial charge in [0.1, 0.15) is 0 Å². The molecule has 0 aliphatic carbocycles. The van der Waals surface area contributed by atoms with Gasteiger partial charge in [0, 0.05) is 25.5 Å². The van der Waals surface area contributed by atoms with Gasteiger partial charge in [0.15, 0.2) is 18.1 Å². The normalized spacial score (nSPS) is 9.96. The van der Waals surface area contributed by atoms with Crippen molar-refractivity contribution in [1.29, 1.82) is 5.26 Å². The van der Waals surface area contributed by atoms with Crippen LogP contribution >= 0.6 is 0 Å². The van der Waals surface area contributed by atoms with Crippen LogP contribution in [0.15, 0.2) is 42.7 Å². The number of hydrogen-bond donors (Lipinski definition) is 0. The minimum Gasteiger partial charge on any atom is -0.493 e. The Balaban J connectivity index is 2.03. The molecule has 2 aromatic rings. The zero-order chi connectivity index (χ0) is 18.1. The molecule has 0 unspecified atom stereocenters. The first-order valence-electron chi connectivity index (χ1n) is 7.95. The van der Waals surface area contributed by atoms with Gasteiger partial charge in [-0.3, -0.25) is 9.78 Å². The van der Waals surface area contributed by atoms with Crippen molar-refractivity contribution in [3.05, 3.63) is 53.9 Å². The van der Waals surface area contributed by atoms with E-state index in [0.717, 1.165) is 11.1 Å². The predicted octanol–water partition coefficient (Wildman–Crippen LogP) is 2.72. The van der Waals surface area contributed by atoms with Crippen LogP contribution in [0.2, 0.25) is 0 Å². The van der Waals surface area contributed by atoms with Gasteiger partial charge in [0.25, 0.3) is 5.91 Å². The summed E-state index contributed by atoms with van der Waals surface area (Å²) in [5.41, 5.74) is 1.95. The van der Waals surface area contributed by atoms with Crippen molar-refractivity contribution in [2.45, 2.75) is 19.9 Å². The Bertz CT molecular complexity index is 741. The fraction of sp³-hybridized carbons (Fsp3) is 0.316. The highest BCUT2D eigenvalue weighted by Gasteiger charge is 2.16. The first kappa shape index (κ1) is 18.3. The Morgan fingerprint density at radius 1 is 1.32 bits per heavy atom. The van der Waals surface area contributed by atoms with Crippen LogP contribution in [0.25, 0.3) is 0 Å². The molecule has 1 aromatic heterocycles. The first-order chi connectivity index (χ1) is 12.1. The van der Waals surface area contributed by atoms with E-state index in [0.29, 0.717) is 24.6 Å². The van der Waals surface area contributed by atoms with E-state index in [1.54, 1.807) is 30.5 Å². The van der Waals surface area contributed by atoms with Crippen molar-refractivity contribution in [3.8, 4) is 17.6 Å². The number of nitriles is 1. The molecule has 1 aromatic carbocycles. The van der Waals surface area contributed by atoms with Crippen molar-refractivity contribution in [2.24, 2.45) is 0 Å². The van der Waals surface area contributed by atoms with E-state index in [4.69, 9.17) is 14.7 Å². The van der Waals surface area contributed by atoms with Crippen molar-refractivity contribution < 1.29 is 14.3 Å². The fourth-order valence-electron chi connectivity index (χ4n) is 2.31. The molecule has 130 valence electrons. The predicted molar refractivity (Wildman–Crippen MR) is 93.1 cm³/mol. The molecule has 6 nitrogen and oxygen atoms in total. The van der Waals surface area contributed by atoms with Crippen molar-refractivity contribution in [2.75, 3.05) is 20.3 Å². The van der Waals surface area contributed by atoms with E-state index in [-0.39, 0.29) is 18.9 Å². The second kappa shape index (κ2) is 9.28. The Morgan fingerprint density at radius 2 is 2.16 bits per heavy atom. The van der Waals surface area contributed by atoms with Gasteiger partial charge in [-0.2, -0.15) is 5.26 Å². The molecule has 2 rings (SSSR count). The molecule has 0 radical (unpaired) electrons. The molecule has 0 saturated heterocycles. The summed E-state index contributed by atoms with van der Waals surface area (Å²) in [6.07, 6.45) is 3.65. The molecule has 1 amide bonds. The summed E-state index contributed by atoms with van der Waals surface area (Å²) >= 11 is 0. The highest BCUT2D eigenvalue weighted by atomic mass is 16.5. The first-order valence-corrected chi connectivity index (χ1v) is 7.95. The van der Waals surface area contributed by atoms with Crippen LogP contribution in [0.3, 0.4) is 0 Å². The Hall–Kier alpha value is -3.07. The molecular weight excluding hydrogens is 318 g/mol. The number of carbonyl (C=O) groups is 1. The van der Waals surface area contributed by atoms with E-state index < -0.39 is 0 Å². The number of aromatic nitrogens is 1. The molecule has 1 heterocycles. The summed E-state index contributed by atoms with van der Waals surface area (Å²) < 4.78 is 10.9. The van der Waals surface area contributed by atoms with Crippen LogP contribution in [0.5, 0.6) is 11.5 Å². The molecule has 0 bridgehead atoms. The summed E-state index contributed by atoms with van der Waals surface area (Å²) in [4.78, 5) is 18.2. The summed E-state index contributed by atoms with van der Waals surface area (Å²) in [6.45, 7) is 2.57.